The van der Waals surface area contributed by atoms with Gasteiger partial charge in [-0.15, -0.1) is 0 Å². The fourth-order valence-electron chi connectivity index (χ4n) is 1.37. The van der Waals surface area contributed by atoms with E-state index in [-0.39, 0.29) is 0 Å². The van der Waals surface area contributed by atoms with Crippen molar-refractivity contribution in [1.29, 1.82) is 0 Å². The van der Waals surface area contributed by atoms with Crippen LogP contribution in [-0.2, 0) is 16.0 Å². The van der Waals surface area contributed by atoms with Crippen molar-refractivity contribution in [1.82, 2.24) is 9.97 Å². The van der Waals surface area contributed by atoms with Crippen LogP contribution in [0.5, 0.6) is 0 Å². The average molecular weight is 240 g/mol. The third kappa shape index (κ3) is 4.64. The highest BCUT2D eigenvalue weighted by molar-refractivity contribution is 5.30. The molecule has 0 unspecified atom stereocenters. The Kier molecular flexibility index (Phi) is 6.46. The summed E-state index contributed by atoms with van der Waals surface area (Å²) in [6.45, 7) is 3.12. The van der Waals surface area contributed by atoms with Crippen molar-refractivity contribution < 1.29 is 9.47 Å². The van der Waals surface area contributed by atoms with Crippen LogP contribution in [0.3, 0.4) is 0 Å². The van der Waals surface area contributed by atoms with Crippen LogP contribution in [-0.4, -0.2) is 50.5 Å². The van der Waals surface area contributed by atoms with Crippen LogP contribution in [0.4, 0.5) is 5.95 Å². The van der Waals surface area contributed by atoms with Gasteiger partial charge in [-0.05, 0) is 6.07 Å². The van der Waals surface area contributed by atoms with Crippen LogP contribution in [0.15, 0.2) is 12.3 Å². The normalized spacial score (nSPS) is 10.5. The molecule has 0 aromatic carbocycles. The number of rotatable bonds is 8. The first-order chi connectivity index (χ1) is 8.31. The molecule has 0 spiro atoms. The summed E-state index contributed by atoms with van der Waals surface area (Å²) in [5.41, 5.74) is 6.39. The van der Waals surface area contributed by atoms with Gasteiger partial charge in [-0.2, -0.15) is 0 Å². The molecule has 0 saturated heterocycles. The van der Waals surface area contributed by atoms with Gasteiger partial charge < -0.3 is 20.1 Å². The zero-order chi connectivity index (χ0) is 12.5. The van der Waals surface area contributed by atoms with Crippen molar-refractivity contribution in [2.24, 2.45) is 5.73 Å². The fourth-order valence-corrected chi connectivity index (χ4v) is 1.37. The summed E-state index contributed by atoms with van der Waals surface area (Å²) in [4.78, 5) is 10.6. The van der Waals surface area contributed by atoms with E-state index in [4.69, 9.17) is 15.2 Å². The van der Waals surface area contributed by atoms with Gasteiger partial charge >= 0.3 is 0 Å². The Morgan fingerprint density at radius 2 is 1.88 bits per heavy atom. The number of hydrogen-bond acceptors (Lipinski definition) is 6. The van der Waals surface area contributed by atoms with Gasteiger partial charge in [0.05, 0.1) is 18.9 Å². The summed E-state index contributed by atoms with van der Waals surface area (Å²) in [5, 5.41) is 0. The number of aromatic nitrogens is 2. The maximum atomic E-state index is 5.56. The maximum Gasteiger partial charge on any atom is 0.225 e. The standard InChI is InChI=1S/C11H20N4O2/c1-16-7-5-15(6-8-17-2)11-13-4-3-10(9-12)14-11/h3-4H,5-9,12H2,1-2H3. The molecule has 0 radical (unpaired) electrons. The van der Waals surface area contributed by atoms with Gasteiger partial charge in [0.1, 0.15) is 0 Å². The van der Waals surface area contributed by atoms with Gasteiger partial charge in [-0.25, -0.2) is 9.97 Å². The third-order valence-electron chi connectivity index (χ3n) is 2.32. The summed E-state index contributed by atoms with van der Waals surface area (Å²) in [5.74, 6) is 0.669. The second kappa shape index (κ2) is 7.94. The van der Waals surface area contributed by atoms with Crippen LogP contribution in [0.25, 0.3) is 0 Å². The molecule has 2 N–H and O–H groups in total. The van der Waals surface area contributed by atoms with Gasteiger partial charge in [0.15, 0.2) is 0 Å². The number of nitrogens with zero attached hydrogens (tertiary/aromatic N) is 3. The van der Waals surface area contributed by atoms with E-state index in [2.05, 4.69) is 9.97 Å². The topological polar surface area (TPSA) is 73.5 Å². The number of methoxy groups -OCH3 is 2. The van der Waals surface area contributed by atoms with Gasteiger partial charge in [-0.3, -0.25) is 0 Å². The molecule has 6 heteroatoms. The van der Waals surface area contributed by atoms with E-state index >= 15 is 0 Å². The number of anilines is 1. The molecule has 0 atom stereocenters. The first kappa shape index (κ1) is 13.8. The molecule has 0 aliphatic carbocycles. The number of hydrogen-bond donors (Lipinski definition) is 1. The van der Waals surface area contributed by atoms with Crippen LogP contribution < -0.4 is 10.6 Å². The van der Waals surface area contributed by atoms with Crippen molar-refractivity contribution in [2.45, 2.75) is 6.54 Å². The molecule has 6 nitrogen and oxygen atoms in total. The average Bonchev–Trinajstić information content (AvgIpc) is 2.39. The molecule has 0 saturated carbocycles. The van der Waals surface area contributed by atoms with Gasteiger partial charge in [0.25, 0.3) is 0 Å². The lowest BCUT2D eigenvalue weighted by atomic mass is 10.4. The second-order valence-electron chi connectivity index (χ2n) is 3.52. The summed E-state index contributed by atoms with van der Waals surface area (Å²) in [6, 6.07) is 1.81. The fraction of sp³-hybridized carbons (Fsp3) is 0.636. The molecule has 1 aromatic rings. The van der Waals surface area contributed by atoms with Crippen molar-refractivity contribution in [2.75, 3.05) is 45.4 Å². The molecule has 17 heavy (non-hydrogen) atoms. The molecule has 0 aliphatic rings. The molecule has 0 aliphatic heterocycles. The molecule has 96 valence electrons. The zero-order valence-corrected chi connectivity index (χ0v) is 10.4. The lowest BCUT2D eigenvalue weighted by molar-refractivity contribution is 0.189. The molecule has 0 bridgehead atoms. The van der Waals surface area contributed by atoms with E-state index in [0.29, 0.717) is 25.7 Å². The number of nitrogens with two attached hydrogens (primary N) is 1. The van der Waals surface area contributed by atoms with E-state index < -0.39 is 0 Å². The van der Waals surface area contributed by atoms with Crippen molar-refractivity contribution >= 4 is 5.95 Å². The van der Waals surface area contributed by atoms with Gasteiger partial charge in [0, 0.05) is 40.1 Å². The minimum atomic E-state index is 0.415. The van der Waals surface area contributed by atoms with E-state index in [1.54, 1.807) is 20.4 Å². The molecule has 1 rings (SSSR count). The first-order valence-electron chi connectivity index (χ1n) is 5.56. The van der Waals surface area contributed by atoms with E-state index in [0.717, 1.165) is 18.8 Å². The van der Waals surface area contributed by atoms with E-state index in [1.807, 2.05) is 11.0 Å². The van der Waals surface area contributed by atoms with E-state index in [1.165, 1.54) is 0 Å². The van der Waals surface area contributed by atoms with Crippen molar-refractivity contribution in [3.63, 3.8) is 0 Å². The lowest BCUT2D eigenvalue weighted by Crippen LogP contribution is -2.32. The van der Waals surface area contributed by atoms with Crippen LogP contribution in [0.2, 0.25) is 0 Å². The van der Waals surface area contributed by atoms with Crippen LogP contribution >= 0.6 is 0 Å². The molecule has 1 aromatic heterocycles. The highest BCUT2D eigenvalue weighted by Crippen LogP contribution is 2.07. The van der Waals surface area contributed by atoms with E-state index in [9.17, 15) is 0 Å². The maximum absolute atomic E-state index is 5.56. The quantitative estimate of drug-likeness (QED) is 0.691. The molecule has 0 amide bonds. The molecular weight excluding hydrogens is 220 g/mol. The Morgan fingerprint density at radius 3 is 2.41 bits per heavy atom. The second-order valence-corrected chi connectivity index (χ2v) is 3.52. The third-order valence-corrected chi connectivity index (χ3v) is 2.32. The molecular formula is C11H20N4O2. The van der Waals surface area contributed by atoms with Crippen LogP contribution in [0, 0.1) is 0 Å². The van der Waals surface area contributed by atoms with Gasteiger partial charge in [0.2, 0.25) is 5.95 Å². The number of ether oxygens (including phenoxy) is 2. The Balaban J connectivity index is 2.71. The Bertz CT molecular complexity index is 314. The Labute approximate surface area is 102 Å². The van der Waals surface area contributed by atoms with Gasteiger partial charge in [-0.1, -0.05) is 0 Å². The van der Waals surface area contributed by atoms with Crippen molar-refractivity contribution in [3.05, 3.63) is 18.0 Å². The van der Waals surface area contributed by atoms with Crippen LogP contribution in [0.1, 0.15) is 5.69 Å². The summed E-state index contributed by atoms with van der Waals surface area (Å²) < 4.78 is 10.1. The monoisotopic (exact) mass is 240 g/mol. The lowest BCUT2D eigenvalue weighted by Gasteiger charge is -2.22. The first-order valence-corrected chi connectivity index (χ1v) is 5.56. The predicted octanol–water partition coefficient (Wildman–Crippen LogP) is 0.0345. The smallest absolute Gasteiger partial charge is 0.225 e. The minimum absolute atomic E-state index is 0.415. The highest BCUT2D eigenvalue weighted by Gasteiger charge is 2.09. The predicted molar refractivity (Wildman–Crippen MR) is 65.9 cm³/mol. The largest absolute Gasteiger partial charge is 0.383 e. The summed E-state index contributed by atoms with van der Waals surface area (Å²) in [7, 11) is 3.34. The zero-order valence-electron chi connectivity index (χ0n) is 10.4. The van der Waals surface area contributed by atoms with Crippen molar-refractivity contribution in [3.8, 4) is 0 Å². The Morgan fingerprint density at radius 1 is 1.24 bits per heavy atom. The summed E-state index contributed by atoms with van der Waals surface area (Å²) >= 11 is 0. The SMILES string of the molecule is COCCN(CCOC)c1nccc(CN)n1. The molecule has 1 heterocycles. The highest BCUT2D eigenvalue weighted by atomic mass is 16.5. The molecule has 0 fully saturated rings. The minimum Gasteiger partial charge on any atom is -0.383 e. The summed E-state index contributed by atoms with van der Waals surface area (Å²) in [6.07, 6.45) is 1.72. The Hall–Kier alpha value is -1.24.